The molecule has 1 atom stereocenters. The summed E-state index contributed by atoms with van der Waals surface area (Å²) in [7, 11) is 0. The predicted octanol–water partition coefficient (Wildman–Crippen LogP) is 3.14. The molecular formula is C18H21FN2O2. The number of benzene rings is 1. The third-order valence-corrected chi connectivity index (χ3v) is 4.34. The second kappa shape index (κ2) is 6.62. The molecule has 1 aromatic carbocycles. The zero-order valence-electron chi connectivity index (χ0n) is 13.2. The van der Waals surface area contributed by atoms with Crippen LogP contribution in [-0.2, 0) is 0 Å². The minimum Gasteiger partial charge on any atom is -0.396 e. The Bertz CT molecular complexity index is 728. The van der Waals surface area contributed by atoms with Crippen LogP contribution in [-0.4, -0.2) is 28.6 Å². The van der Waals surface area contributed by atoms with Crippen LogP contribution in [0.5, 0.6) is 0 Å². The fraction of sp³-hybridized carbons (Fsp3) is 0.444. The number of carbonyl (C=O) groups excluding carboxylic acids is 1. The van der Waals surface area contributed by atoms with Gasteiger partial charge in [0.1, 0.15) is 5.82 Å². The number of rotatable bonds is 6. The number of aliphatic hydroxyl groups is 1. The van der Waals surface area contributed by atoms with E-state index in [1.54, 1.807) is 12.1 Å². The third kappa shape index (κ3) is 3.50. The van der Waals surface area contributed by atoms with E-state index in [-0.39, 0.29) is 24.4 Å². The van der Waals surface area contributed by atoms with Gasteiger partial charge in [-0.2, -0.15) is 0 Å². The summed E-state index contributed by atoms with van der Waals surface area (Å²) >= 11 is 0. The van der Waals surface area contributed by atoms with E-state index >= 15 is 0 Å². The Balaban J connectivity index is 1.99. The molecule has 1 aliphatic rings. The molecule has 23 heavy (non-hydrogen) atoms. The summed E-state index contributed by atoms with van der Waals surface area (Å²) in [6.45, 7) is 1.98. The van der Waals surface area contributed by atoms with Gasteiger partial charge in [-0.25, -0.2) is 4.39 Å². The second-order valence-electron chi connectivity index (χ2n) is 6.12. The lowest BCUT2D eigenvalue weighted by molar-refractivity contribution is 0.0930. The van der Waals surface area contributed by atoms with E-state index in [9.17, 15) is 9.18 Å². The van der Waals surface area contributed by atoms with Crippen molar-refractivity contribution in [2.24, 2.45) is 0 Å². The van der Waals surface area contributed by atoms with Crippen LogP contribution in [0.3, 0.4) is 0 Å². The molecule has 122 valence electrons. The lowest BCUT2D eigenvalue weighted by atomic mass is 10.0. The molecule has 0 radical (unpaired) electrons. The number of halogens is 1. The fourth-order valence-electron chi connectivity index (χ4n) is 2.79. The Labute approximate surface area is 134 Å². The first kappa shape index (κ1) is 15.9. The number of hydrogen-bond acceptors (Lipinski definition) is 3. The molecule has 5 heteroatoms. The van der Waals surface area contributed by atoms with E-state index in [0.717, 1.165) is 25.0 Å². The molecule has 1 amide bonds. The van der Waals surface area contributed by atoms with E-state index in [2.05, 4.69) is 10.3 Å². The molecule has 3 rings (SSSR count). The molecule has 4 nitrogen and oxygen atoms in total. The highest BCUT2D eigenvalue weighted by Gasteiger charge is 2.27. The third-order valence-electron chi connectivity index (χ3n) is 4.34. The average molecular weight is 316 g/mol. The van der Waals surface area contributed by atoms with Crippen LogP contribution >= 0.6 is 0 Å². The van der Waals surface area contributed by atoms with Gasteiger partial charge in [0, 0.05) is 29.6 Å². The standard InChI is InChI=1S/C18H21FN2O2/c1-2-13(7-8-22)20-18(23)15-10-17(11-3-4-11)21-16-6-5-12(19)9-14(15)16/h5-6,9-11,13,22H,2-4,7-8H2,1H3,(H,20,23). The number of nitrogens with one attached hydrogen (secondary N) is 1. The van der Waals surface area contributed by atoms with Gasteiger partial charge in [-0.15, -0.1) is 0 Å². The van der Waals surface area contributed by atoms with Crippen LogP contribution in [0.1, 0.15) is 54.6 Å². The van der Waals surface area contributed by atoms with Crippen LogP contribution in [0.15, 0.2) is 24.3 Å². The van der Waals surface area contributed by atoms with Gasteiger partial charge >= 0.3 is 0 Å². The van der Waals surface area contributed by atoms with E-state index in [1.807, 2.05) is 6.92 Å². The van der Waals surface area contributed by atoms with Crippen molar-refractivity contribution < 1.29 is 14.3 Å². The second-order valence-corrected chi connectivity index (χ2v) is 6.12. The van der Waals surface area contributed by atoms with Crippen molar-refractivity contribution in [1.29, 1.82) is 0 Å². The molecule has 2 N–H and O–H groups in total. The Morgan fingerprint density at radius 2 is 2.22 bits per heavy atom. The van der Waals surface area contributed by atoms with Gasteiger partial charge in [0.25, 0.3) is 5.91 Å². The maximum atomic E-state index is 13.6. The van der Waals surface area contributed by atoms with E-state index in [0.29, 0.717) is 28.8 Å². The highest BCUT2D eigenvalue weighted by molar-refractivity contribution is 6.06. The smallest absolute Gasteiger partial charge is 0.252 e. The molecule has 1 aliphatic carbocycles. The number of fused-ring (bicyclic) bond motifs is 1. The molecular weight excluding hydrogens is 295 g/mol. The fourth-order valence-corrected chi connectivity index (χ4v) is 2.79. The van der Waals surface area contributed by atoms with Gasteiger partial charge in [0.15, 0.2) is 0 Å². The zero-order chi connectivity index (χ0) is 16.4. The summed E-state index contributed by atoms with van der Waals surface area (Å²) in [5.74, 6) is -0.199. The Hall–Kier alpha value is -2.01. The maximum Gasteiger partial charge on any atom is 0.252 e. The van der Waals surface area contributed by atoms with Crippen LogP contribution in [0.4, 0.5) is 4.39 Å². The van der Waals surface area contributed by atoms with Crippen molar-refractivity contribution in [1.82, 2.24) is 10.3 Å². The van der Waals surface area contributed by atoms with Crippen LogP contribution in [0.25, 0.3) is 10.9 Å². The molecule has 1 aromatic heterocycles. The zero-order valence-corrected chi connectivity index (χ0v) is 13.2. The van der Waals surface area contributed by atoms with Crippen molar-refractivity contribution >= 4 is 16.8 Å². The summed E-state index contributed by atoms with van der Waals surface area (Å²) in [6, 6.07) is 6.06. The molecule has 1 unspecified atom stereocenters. The van der Waals surface area contributed by atoms with Crippen LogP contribution in [0.2, 0.25) is 0 Å². The number of amides is 1. The minimum atomic E-state index is -0.380. The van der Waals surface area contributed by atoms with E-state index in [4.69, 9.17) is 5.11 Å². The van der Waals surface area contributed by atoms with Crippen molar-refractivity contribution in [3.05, 3.63) is 41.3 Å². The van der Waals surface area contributed by atoms with Gasteiger partial charge in [-0.3, -0.25) is 9.78 Å². The maximum absolute atomic E-state index is 13.6. The normalized spacial score (nSPS) is 15.6. The number of pyridine rings is 1. The van der Waals surface area contributed by atoms with Crippen LogP contribution < -0.4 is 5.32 Å². The molecule has 1 heterocycles. The molecule has 2 aromatic rings. The number of carbonyl (C=O) groups is 1. The molecule has 1 fully saturated rings. The van der Waals surface area contributed by atoms with Gasteiger partial charge in [0.05, 0.1) is 11.1 Å². The lowest BCUT2D eigenvalue weighted by Crippen LogP contribution is -2.35. The predicted molar refractivity (Wildman–Crippen MR) is 86.9 cm³/mol. The first-order valence-electron chi connectivity index (χ1n) is 8.14. The van der Waals surface area contributed by atoms with Gasteiger partial charge in [-0.1, -0.05) is 6.92 Å². The SMILES string of the molecule is CCC(CCO)NC(=O)c1cc(C2CC2)nc2ccc(F)cc12. The minimum absolute atomic E-state index is 0.0256. The largest absolute Gasteiger partial charge is 0.396 e. The summed E-state index contributed by atoms with van der Waals surface area (Å²) in [5, 5.41) is 12.5. The summed E-state index contributed by atoms with van der Waals surface area (Å²) in [4.78, 5) is 17.2. The topological polar surface area (TPSA) is 62.2 Å². The van der Waals surface area contributed by atoms with Gasteiger partial charge < -0.3 is 10.4 Å². The van der Waals surface area contributed by atoms with E-state index < -0.39 is 0 Å². The van der Waals surface area contributed by atoms with E-state index in [1.165, 1.54) is 12.1 Å². The van der Waals surface area contributed by atoms with Crippen molar-refractivity contribution in [2.45, 2.75) is 44.6 Å². The van der Waals surface area contributed by atoms with Crippen molar-refractivity contribution in [3.8, 4) is 0 Å². The van der Waals surface area contributed by atoms with Crippen molar-refractivity contribution in [2.75, 3.05) is 6.61 Å². The monoisotopic (exact) mass is 316 g/mol. The highest BCUT2D eigenvalue weighted by Crippen LogP contribution is 2.40. The summed E-state index contributed by atoms with van der Waals surface area (Å²) < 4.78 is 13.6. The first-order chi connectivity index (χ1) is 11.1. The highest BCUT2D eigenvalue weighted by atomic mass is 19.1. The molecule has 0 bridgehead atoms. The van der Waals surface area contributed by atoms with Crippen molar-refractivity contribution in [3.63, 3.8) is 0 Å². The Morgan fingerprint density at radius 1 is 1.43 bits per heavy atom. The molecule has 0 spiro atoms. The number of aromatic nitrogens is 1. The van der Waals surface area contributed by atoms with Crippen LogP contribution in [0, 0.1) is 5.82 Å². The Morgan fingerprint density at radius 3 is 2.87 bits per heavy atom. The molecule has 0 saturated heterocycles. The summed E-state index contributed by atoms with van der Waals surface area (Å²) in [6.07, 6.45) is 3.42. The lowest BCUT2D eigenvalue weighted by Gasteiger charge is -2.17. The van der Waals surface area contributed by atoms with Gasteiger partial charge in [0.2, 0.25) is 0 Å². The average Bonchev–Trinajstić information content (AvgIpc) is 3.38. The number of nitrogens with zero attached hydrogens (tertiary/aromatic N) is 1. The number of hydrogen-bond donors (Lipinski definition) is 2. The molecule has 1 saturated carbocycles. The quantitative estimate of drug-likeness (QED) is 0.860. The van der Waals surface area contributed by atoms with Gasteiger partial charge in [-0.05, 0) is 49.9 Å². The molecule has 0 aliphatic heterocycles. The number of aliphatic hydroxyl groups excluding tert-OH is 1. The first-order valence-corrected chi connectivity index (χ1v) is 8.14. The Kier molecular flexibility index (Phi) is 4.57. The summed E-state index contributed by atoms with van der Waals surface area (Å²) in [5.41, 5.74) is 2.02.